The lowest BCUT2D eigenvalue weighted by molar-refractivity contribution is 0.632. The quantitative estimate of drug-likeness (QED) is 0.650. The van der Waals surface area contributed by atoms with Gasteiger partial charge >= 0.3 is 0 Å². The molecule has 0 aliphatic carbocycles. The van der Waals surface area contributed by atoms with Crippen molar-refractivity contribution in [1.82, 2.24) is 0 Å². The Bertz CT molecular complexity index is 525. The molecule has 0 saturated heterocycles. The summed E-state index contributed by atoms with van der Waals surface area (Å²) in [5.74, 6) is 0.733. The van der Waals surface area contributed by atoms with Crippen molar-refractivity contribution in [2.24, 2.45) is 0 Å². The van der Waals surface area contributed by atoms with Crippen molar-refractivity contribution < 1.29 is 4.39 Å². The van der Waals surface area contributed by atoms with Crippen molar-refractivity contribution in [2.45, 2.75) is 11.8 Å². The second-order valence-corrected chi connectivity index (χ2v) is 5.04. The fourth-order valence-electron chi connectivity index (χ4n) is 1.69. The van der Waals surface area contributed by atoms with E-state index in [4.69, 9.17) is 5.73 Å². The second kappa shape index (κ2) is 5.23. The summed E-state index contributed by atoms with van der Waals surface area (Å²) < 4.78 is 13.8. The van der Waals surface area contributed by atoms with Gasteiger partial charge in [0.05, 0.1) is 0 Å². The number of nitrogen functional groups attached to an aromatic ring is 1. The van der Waals surface area contributed by atoms with E-state index in [-0.39, 0.29) is 5.82 Å². The Labute approximate surface area is 105 Å². The standard InChI is InChI=1S/C14H14FNS/c1-2-17-12-5-3-4-10(8-12)13-7-6-11(16)9-14(13)15/h3-9H,2,16H2,1H3. The molecule has 0 aromatic heterocycles. The fraction of sp³-hybridized carbons (Fsp3) is 0.143. The third-order valence-corrected chi connectivity index (χ3v) is 3.33. The maximum Gasteiger partial charge on any atom is 0.133 e. The highest BCUT2D eigenvalue weighted by Crippen LogP contribution is 2.28. The average Bonchev–Trinajstić information content (AvgIpc) is 2.29. The van der Waals surface area contributed by atoms with Gasteiger partial charge in [0.2, 0.25) is 0 Å². The van der Waals surface area contributed by atoms with E-state index in [1.807, 2.05) is 24.3 Å². The number of hydrogen-bond donors (Lipinski definition) is 1. The Balaban J connectivity index is 2.42. The van der Waals surface area contributed by atoms with Gasteiger partial charge in [0.15, 0.2) is 0 Å². The number of hydrogen-bond acceptors (Lipinski definition) is 2. The van der Waals surface area contributed by atoms with E-state index in [0.717, 1.165) is 16.2 Å². The zero-order valence-corrected chi connectivity index (χ0v) is 10.4. The van der Waals surface area contributed by atoms with E-state index in [1.165, 1.54) is 6.07 Å². The Morgan fingerprint density at radius 3 is 2.71 bits per heavy atom. The molecule has 0 spiro atoms. The predicted molar refractivity (Wildman–Crippen MR) is 72.6 cm³/mol. The van der Waals surface area contributed by atoms with Crippen LogP contribution in [-0.2, 0) is 0 Å². The number of anilines is 1. The molecule has 0 amide bonds. The molecule has 0 heterocycles. The molecular weight excluding hydrogens is 233 g/mol. The van der Waals surface area contributed by atoms with E-state index < -0.39 is 0 Å². The molecule has 3 heteroatoms. The largest absolute Gasteiger partial charge is 0.399 e. The van der Waals surface area contributed by atoms with Gasteiger partial charge in [-0.2, -0.15) is 0 Å². The maximum atomic E-state index is 13.8. The van der Waals surface area contributed by atoms with Crippen molar-refractivity contribution in [3.05, 3.63) is 48.3 Å². The first kappa shape index (κ1) is 12.0. The molecule has 0 bridgehead atoms. The summed E-state index contributed by atoms with van der Waals surface area (Å²) in [6.07, 6.45) is 0. The summed E-state index contributed by atoms with van der Waals surface area (Å²) >= 11 is 1.75. The summed E-state index contributed by atoms with van der Waals surface area (Å²) in [7, 11) is 0. The van der Waals surface area contributed by atoms with Gasteiger partial charge in [-0.05, 0) is 41.6 Å². The predicted octanol–water partition coefficient (Wildman–Crippen LogP) is 4.19. The van der Waals surface area contributed by atoms with E-state index in [2.05, 4.69) is 6.92 Å². The molecule has 1 nitrogen and oxygen atoms in total. The van der Waals surface area contributed by atoms with Gasteiger partial charge in [0, 0.05) is 16.1 Å². The zero-order chi connectivity index (χ0) is 12.3. The Morgan fingerprint density at radius 1 is 1.18 bits per heavy atom. The highest BCUT2D eigenvalue weighted by atomic mass is 32.2. The van der Waals surface area contributed by atoms with E-state index in [1.54, 1.807) is 23.9 Å². The molecule has 0 radical (unpaired) electrons. The number of thioether (sulfide) groups is 1. The molecule has 2 aromatic carbocycles. The monoisotopic (exact) mass is 247 g/mol. The van der Waals surface area contributed by atoms with Gasteiger partial charge in [-0.3, -0.25) is 0 Å². The smallest absolute Gasteiger partial charge is 0.133 e. The lowest BCUT2D eigenvalue weighted by atomic mass is 10.0. The number of halogens is 1. The number of rotatable bonds is 3. The van der Waals surface area contributed by atoms with Crippen molar-refractivity contribution >= 4 is 17.4 Å². The van der Waals surface area contributed by atoms with Crippen LogP contribution in [-0.4, -0.2) is 5.75 Å². The van der Waals surface area contributed by atoms with Crippen LogP contribution in [0.15, 0.2) is 47.4 Å². The lowest BCUT2D eigenvalue weighted by Gasteiger charge is -2.06. The van der Waals surface area contributed by atoms with E-state index >= 15 is 0 Å². The molecule has 0 fully saturated rings. The molecule has 17 heavy (non-hydrogen) atoms. The van der Waals surface area contributed by atoms with Crippen molar-refractivity contribution in [3.8, 4) is 11.1 Å². The fourth-order valence-corrected chi connectivity index (χ4v) is 2.40. The van der Waals surface area contributed by atoms with Crippen LogP contribution in [0, 0.1) is 5.82 Å². The number of nitrogens with two attached hydrogens (primary N) is 1. The summed E-state index contributed by atoms with van der Waals surface area (Å²) in [5.41, 5.74) is 7.47. The third kappa shape index (κ3) is 2.80. The van der Waals surface area contributed by atoms with E-state index in [0.29, 0.717) is 11.3 Å². The Hall–Kier alpha value is -1.48. The summed E-state index contributed by atoms with van der Waals surface area (Å²) in [6.45, 7) is 2.10. The van der Waals surface area contributed by atoms with Gasteiger partial charge < -0.3 is 5.73 Å². The maximum absolute atomic E-state index is 13.8. The van der Waals surface area contributed by atoms with Crippen LogP contribution in [0.3, 0.4) is 0 Å². The van der Waals surface area contributed by atoms with Gasteiger partial charge in [-0.25, -0.2) is 4.39 Å². The average molecular weight is 247 g/mol. The molecule has 2 aromatic rings. The first-order valence-electron chi connectivity index (χ1n) is 5.49. The van der Waals surface area contributed by atoms with Crippen LogP contribution in [0.5, 0.6) is 0 Å². The molecule has 0 saturated carbocycles. The third-order valence-electron chi connectivity index (χ3n) is 2.45. The molecule has 88 valence electrons. The van der Waals surface area contributed by atoms with Crippen LogP contribution in [0.4, 0.5) is 10.1 Å². The Kier molecular flexibility index (Phi) is 3.69. The van der Waals surface area contributed by atoms with Crippen LogP contribution in [0.25, 0.3) is 11.1 Å². The zero-order valence-electron chi connectivity index (χ0n) is 9.61. The highest BCUT2D eigenvalue weighted by Gasteiger charge is 2.05. The molecule has 2 N–H and O–H groups in total. The first-order valence-corrected chi connectivity index (χ1v) is 6.47. The molecule has 0 aliphatic rings. The van der Waals surface area contributed by atoms with Gasteiger partial charge in [0.1, 0.15) is 5.82 Å². The molecule has 0 aliphatic heterocycles. The molecule has 0 unspecified atom stereocenters. The van der Waals surface area contributed by atoms with Crippen LogP contribution in [0.2, 0.25) is 0 Å². The van der Waals surface area contributed by atoms with Crippen molar-refractivity contribution in [1.29, 1.82) is 0 Å². The molecule has 0 atom stereocenters. The van der Waals surface area contributed by atoms with Crippen LogP contribution < -0.4 is 5.73 Å². The summed E-state index contributed by atoms with van der Waals surface area (Å²) in [4.78, 5) is 1.15. The van der Waals surface area contributed by atoms with Gasteiger partial charge in [-0.1, -0.05) is 19.1 Å². The van der Waals surface area contributed by atoms with Crippen LogP contribution in [0.1, 0.15) is 6.92 Å². The topological polar surface area (TPSA) is 26.0 Å². The van der Waals surface area contributed by atoms with E-state index in [9.17, 15) is 4.39 Å². The van der Waals surface area contributed by atoms with Crippen LogP contribution >= 0.6 is 11.8 Å². The van der Waals surface area contributed by atoms with Crippen molar-refractivity contribution in [2.75, 3.05) is 11.5 Å². The minimum atomic E-state index is -0.274. The summed E-state index contributed by atoms with van der Waals surface area (Å²) in [5, 5.41) is 0. The molecular formula is C14H14FNS. The lowest BCUT2D eigenvalue weighted by Crippen LogP contribution is -1.89. The Morgan fingerprint density at radius 2 is 2.00 bits per heavy atom. The van der Waals surface area contributed by atoms with Crippen molar-refractivity contribution in [3.63, 3.8) is 0 Å². The van der Waals surface area contributed by atoms with Gasteiger partial charge in [-0.15, -0.1) is 11.8 Å². The molecule has 2 rings (SSSR count). The minimum absolute atomic E-state index is 0.274. The first-order chi connectivity index (χ1) is 8.20. The summed E-state index contributed by atoms with van der Waals surface area (Å²) in [6, 6.07) is 12.7. The SMILES string of the molecule is CCSc1cccc(-c2ccc(N)cc2F)c1. The number of benzene rings is 2. The highest BCUT2D eigenvalue weighted by molar-refractivity contribution is 7.99. The minimum Gasteiger partial charge on any atom is -0.399 e. The second-order valence-electron chi connectivity index (χ2n) is 3.70. The normalized spacial score (nSPS) is 10.5. The van der Waals surface area contributed by atoms with Gasteiger partial charge in [0.25, 0.3) is 0 Å².